The van der Waals surface area contributed by atoms with Crippen LogP contribution in [0.3, 0.4) is 0 Å². The molecule has 0 aromatic heterocycles. The lowest BCUT2D eigenvalue weighted by Crippen LogP contribution is -2.55. The Morgan fingerprint density at radius 1 is 1.30 bits per heavy atom. The molecule has 2 aliphatic heterocycles. The Kier molecular flexibility index (Phi) is 7.22. The van der Waals surface area contributed by atoms with Crippen LogP contribution in [0.2, 0.25) is 5.02 Å². The number of nitrogens with two attached hydrogens (primary N) is 1. The van der Waals surface area contributed by atoms with Crippen LogP contribution in [0.1, 0.15) is 25.7 Å². The molecule has 2 atom stereocenters. The average Bonchev–Trinajstić information content (AvgIpc) is 3.15. The number of hydrogen-bond acceptors (Lipinski definition) is 6. The zero-order chi connectivity index (χ0) is 21.9. The van der Waals surface area contributed by atoms with Crippen LogP contribution in [-0.4, -0.2) is 75.5 Å². The number of benzene rings is 1. The van der Waals surface area contributed by atoms with E-state index in [4.69, 9.17) is 22.1 Å². The van der Waals surface area contributed by atoms with Crippen LogP contribution in [0.5, 0.6) is 0 Å². The minimum absolute atomic E-state index is 0.0203. The molecule has 1 unspecified atom stereocenters. The molecule has 2 heterocycles. The summed E-state index contributed by atoms with van der Waals surface area (Å²) in [5.41, 5.74) is 5.90. The van der Waals surface area contributed by atoms with Crippen molar-refractivity contribution in [2.45, 2.75) is 42.7 Å². The molecule has 0 bridgehead atoms. The van der Waals surface area contributed by atoms with E-state index in [9.17, 15) is 18.0 Å². The van der Waals surface area contributed by atoms with Gasteiger partial charge in [-0.05, 0) is 43.9 Å². The number of nitrogens with one attached hydrogen (secondary N) is 1. The number of hydrogen-bond donors (Lipinski definition) is 2. The number of nitrogens with zero attached hydrogens (tertiary/aromatic N) is 2. The highest BCUT2D eigenvalue weighted by atomic mass is 35.5. The number of nitrogen functional groups attached to an aromatic ring is 1. The Hall–Kier alpha value is -1.88. The average molecular weight is 459 g/mol. The van der Waals surface area contributed by atoms with Crippen LogP contribution in [0.4, 0.5) is 5.69 Å². The van der Waals surface area contributed by atoms with E-state index in [1.165, 1.54) is 23.1 Å². The highest BCUT2D eigenvalue weighted by molar-refractivity contribution is 7.89. The van der Waals surface area contributed by atoms with Crippen LogP contribution < -0.4 is 10.5 Å². The second-order valence-electron chi connectivity index (χ2n) is 7.60. The summed E-state index contributed by atoms with van der Waals surface area (Å²) in [5.74, 6) is -0.543. The molecule has 1 aromatic rings. The fourth-order valence-corrected chi connectivity index (χ4v) is 5.42. The molecular formula is C19H27ClN4O5S. The predicted molar refractivity (Wildman–Crippen MR) is 112 cm³/mol. The molecule has 2 amide bonds. The van der Waals surface area contributed by atoms with E-state index >= 15 is 0 Å². The van der Waals surface area contributed by atoms with Gasteiger partial charge in [0.05, 0.1) is 34.8 Å². The standard InChI is InChI=1S/C19H27ClN4O5S/c1-29-12-13-4-2-9-24(13)18(25)11-23-8-3-5-17(19(23)26)22-30(27,28)14-6-7-16(21)15(20)10-14/h6-7,10,13,17,22H,2-5,8-9,11-12,21H2,1H3/t13?,17-/m0/s1. The van der Waals surface area contributed by atoms with E-state index in [0.717, 1.165) is 12.8 Å². The molecule has 3 rings (SSSR count). The number of methoxy groups -OCH3 is 1. The first-order valence-electron chi connectivity index (χ1n) is 9.87. The van der Waals surface area contributed by atoms with Crippen molar-refractivity contribution in [3.05, 3.63) is 23.2 Å². The Balaban J connectivity index is 1.66. The van der Waals surface area contributed by atoms with Crippen molar-refractivity contribution in [2.24, 2.45) is 0 Å². The molecule has 30 heavy (non-hydrogen) atoms. The fourth-order valence-electron chi connectivity index (χ4n) is 3.92. The van der Waals surface area contributed by atoms with Crippen molar-refractivity contribution >= 4 is 39.1 Å². The molecule has 166 valence electrons. The van der Waals surface area contributed by atoms with Gasteiger partial charge in [0.25, 0.3) is 0 Å². The summed E-state index contributed by atoms with van der Waals surface area (Å²) >= 11 is 5.92. The van der Waals surface area contributed by atoms with Crippen LogP contribution in [0, 0.1) is 0 Å². The summed E-state index contributed by atoms with van der Waals surface area (Å²) in [5, 5.41) is 0.122. The largest absolute Gasteiger partial charge is 0.398 e. The maximum absolute atomic E-state index is 12.9. The normalized spacial score (nSPS) is 22.5. The molecule has 0 saturated carbocycles. The Labute approximate surface area is 181 Å². The van der Waals surface area contributed by atoms with Gasteiger partial charge in [-0.3, -0.25) is 9.59 Å². The van der Waals surface area contributed by atoms with Gasteiger partial charge in [0.15, 0.2) is 0 Å². The zero-order valence-electron chi connectivity index (χ0n) is 16.8. The van der Waals surface area contributed by atoms with E-state index in [2.05, 4.69) is 4.72 Å². The number of ether oxygens (including phenoxy) is 1. The zero-order valence-corrected chi connectivity index (χ0v) is 18.4. The van der Waals surface area contributed by atoms with E-state index in [1.807, 2.05) is 0 Å². The molecule has 11 heteroatoms. The quantitative estimate of drug-likeness (QED) is 0.583. The third kappa shape index (κ3) is 5.05. The summed E-state index contributed by atoms with van der Waals surface area (Å²) in [6.45, 7) is 1.46. The molecule has 3 N–H and O–H groups in total. The van der Waals surface area contributed by atoms with Crippen LogP contribution in [-0.2, 0) is 24.3 Å². The molecule has 9 nitrogen and oxygen atoms in total. The molecule has 0 spiro atoms. The number of likely N-dealkylation sites (tertiary alicyclic amines) is 2. The first-order chi connectivity index (χ1) is 14.2. The van der Waals surface area contributed by atoms with Gasteiger partial charge in [-0.15, -0.1) is 0 Å². The smallest absolute Gasteiger partial charge is 0.242 e. The van der Waals surface area contributed by atoms with Gasteiger partial charge >= 0.3 is 0 Å². The van der Waals surface area contributed by atoms with Gasteiger partial charge in [-0.25, -0.2) is 8.42 Å². The van der Waals surface area contributed by atoms with Crippen LogP contribution in [0.25, 0.3) is 0 Å². The number of anilines is 1. The maximum atomic E-state index is 12.9. The Bertz CT molecular complexity index is 910. The minimum atomic E-state index is -3.97. The van der Waals surface area contributed by atoms with Gasteiger partial charge in [0, 0.05) is 20.2 Å². The number of halogens is 1. The van der Waals surface area contributed by atoms with Crippen molar-refractivity contribution in [1.29, 1.82) is 0 Å². The fraction of sp³-hybridized carbons (Fsp3) is 0.579. The van der Waals surface area contributed by atoms with Gasteiger partial charge in [0.2, 0.25) is 21.8 Å². The van der Waals surface area contributed by atoms with Crippen molar-refractivity contribution in [2.75, 3.05) is 39.1 Å². The van der Waals surface area contributed by atoms with E-state index in [-0.39, 0.29) is 34.1 Å². The lowest BCUT2D eigenvalue weighted by molar-refractivity contribution is -0.144. The van der Waals surface area contributed by atoms with Gasteiger partial charge in [-0.2, -0.15) is 4.72 Å². The molecular weight excluding hydrogens is 432 g/mol. The minimum Gasteiger partial charge on any atom is -0.398 e. The maximum Gasteiger partial charge on any atom is 0.242 e. The number of piperidine rings is 1. The highest BCUT2D eigenvalue weighted by Gasteiger charge is 2.36. The molecule has 1 aromatic carbocycles. The first-order valence-corrected chi connectivity index (χ1v) is 11.7. The third-order valence-corrected chi connectivity index (χ3v) is 7.29. The van der Waals surface area contributed by atoms with Gasteiger partial charge < -0.3 is 20.3 Å². The Morgan fingerprint density at radius 3 is 2.73 bits per heavy atom. The van der Waals surface area contributed by atoms with E-state index in [1.54, 1.807) is 12.0 Å². The van der Waals surface area contributed by atoms with E-state index < -0.39 is 22.0 Å². The number of carbonyl (C=O) groups excluding carboxylic acids is 2. The van der Waals surface area contributed by atoms with Crippen LogP contribution >= 0.6 is 11.6 Å². The van der Waals surface area contributed by atoms with Gasteiger partial charge in [-0.1, -0.05) is 11.6 Å². The summed E-state index contributed by atoms with van der Waals surface area (Å²) in [6.07, 6.45) is 2.73. The third-order valence-electron chi connectivity index (χ3n) is 5.49. The molecule has 2 aliphatic rings. The number of rotatable bonds is 7. The van der Waals surface area contributed by atoms with Gasteiger partial charge in [0.1, 0.15) is 6.04 Å². The molecule has 0 aliphatic carbocycles. The van der Waals surface area contributed by atoms with Crippen molar-refractivity contribution < 1.29 is 22.7 Å². The van der Waals surface area contributed by atoms with Crippen molar-refractivity contribution in [1.82, 2.24) is 14.5 Å². The summed E-state index contributed by atoms with van der Waals surface area (Å²) in [4.78, 5) is 28.7. The lowest BCUT2D eigenvalue weighted by Gasteiger charge is -2.34. The Morgan fingerprint density at radius 2 is 2.03 bits per heavy atom. The lowest BCUT2D eigenvalue weighted by atomic mass is 10.1. The SMILES string of the molecule is COCC1CCCN1C(=O)CN1CCC[C@H](NS(=O)(=O)c2ccc(N)c(Cl)c2)C1=O. The predicted octanol–water partition coefficient (Wildman–Crippen LogP) is 0.829. The first kappa shape index (κ1) is 22.8. The molecule has 2 fully saturated rings. The monoisotopic (exact) mass is 458 g/mol. The number of sulfonamides is 1. The highest BCUT2D eigenvalue weighted by Crippen LogP contribution is 2.24. The topological polar surface area (TPSA) is 122 Å². The summed E-state index contributed by atoms with van der Waals surface area (Å²) < 4.78 is 33.0. The second-order valence-corrected chi connectivity index (χ2v) is 9.72. The summed E-state index contributed by atoms with van der Waals surface area (Å²) in [6, 6.07) is 3.07. The van der Waals surface area contributed by atoms with Crippen LogP contribution in [0.15, 0.2) is 23.1 Å². The van der Waals surface area contributed by atoms with Crippen molar-refractivity contribution in [3.63, 3.8) is 0 Å². The molecule has 0 radical (unpaired) electrons. The van der Waals surface area contributed by atoms with Crippen molar-refractivity contribution in [3.8, 4) is 0 Å². The van der Waals surface area contributed by atoms with E-state index in [0.29, 0.717) is 32.5 Å². The second kappa shape index (κ2) is 9.51. The molecule has 2 saturated heterocycles. The number of amides is 2. The summed E-state index contributed by atoms with van der Waals surface area (Å²) in [7, 11) is -2.37. The number of carbonyl (C=O) groups is 2.